The number of carbonyl (C=O) groups is 1. The summed E-state index contributed by atoms with van der Waals surface area (Å²) in [6.45, 7) is 0.852. The smallest absolute Gasteiger partial charge is 0.251 e. The monoisotopic (exact) mass is 309 g/mol. The number of nitrogens with one attached hydrogen (secondary N) is 1. The van der Waals surface area contributed by atoms with E-state index in [1.54, 1.807) is 19.2 Å². The lowest BCUT2D eigenvalue weighted by atomic mass is 10.1. The van der Waals surface area contributed by atoms with E-state index in [1.807, 2.05) is 36.4 Å². The number of aliphatic hydroxyl groups excluding tert-OH is 1. The Kier molecular flexibility index (Phi) is 6.37. The summed E-state index contributed by atoms with van der Waals surface area (Å²) < 4.78 is 5.26. The summed E-state index contributed by atoms with van der Waals surface area (Å²) in [7, 11) is 1.61. The molecule has 2 aromatic rings. The van der Waals surface area contributed by atoms with Gasteiger partial charge in [0.15, 0.2) is 0 Å². The standard InChI is InChI=1S/C19H19NO3/c1-20-19(22)18-10-8-16(9-11-18)3-2-15-4-6-17(7-5-15)14-23-13-12-21/h4-11,21H,12-14H2,1H3,(H,20,22). The minimum atomic E-state index is -0.108. The second kappa shape index (κ2) is 8.74. The van der Waals surface area contributed by atoms with Crippen molar-refractivity contribution in [2.24, 2.45) is 0 Å². The first-order valence-corrected chi connectivity index (χ1v) is 7.34. The summed E-state index contributed by atoms with van der Waals surface area (Å²) in [5, 5.41) is 11.2. The minimum Gasteiger partial charge on any atom is -0.394 e. The van der Waals surface area contributed by atoms with Gasteiger partial charge in [0.05, 0.1) is 19.8 Å². The van der Waals surface area contributed by atoms with Crippen molar-refractivity contribution in [3.63, 3.8) is 0 Å². The number of hydrogen-bond donors (Lipinski definition) is 2. The summed E-state index contributed by atoms with van der Waals surface area (Å²) in [5.41, 5.74) is 3.42. The molecular weight excluding hydrogens is 290 g/mol. The van der Waals surface area contributed by atoms with Crippen molar-refractivity contribution >= 4 is 5.91 Å². The molecule has 0 unspecified atom stereocenters. The summed E-state index contributed by atoms with van der Waals surface area (Å²) in [6, 6.07) is 14.9. The van der Waals surface area contributed by atoms with Gasteiger partial charge in [-0.3, -0.25) is 4.79 Å². The molecule has 0 aliphatic rings. The van der Waals surface area contributed by atoms with Crippen LogP contribution in [0.1, 0.15) is 27.0 Å². The number of ether oxygens (including phenoxy) is 1. The van der Waals surface area contributed by atoms with Crippen molar-refractivity contribution < 1.29 is 14.6 Å². The predicted octanol–water partition coefficient (Wildman–Crippen LogP) is 1.95. The van der Waals surface area contributed by atoms with Crippen molar-refractivity contribution in [1.82, 2.24) is 5.32 Å². The normalized spacial score (nSPS) is 9.83. The van der Waals surface area contributed by atoms with E-state index in [0.717, 1.165) is 16.7 Å². The molecule has 0 saturated carbocycles. The van der Waals surface area contributed by atoms with Crippen LogP contribution in [0, 0.1) is 11.8 Å². The van der Waals surface area contributed by atoms with E-state index < -0.39 is 0 Å². The van der Waals surface area contributed by atoms with E-state index >= 15 is 0 Å². The van der Waals surface area contributed by atoms with Crippen LogP contribution in [0.5, 0.6) is 0 Å². The molecule has 0 fully saturated rings. The van der Waals surface area contributed by atoms with Gasteiger partial charge in [0, 0.05) is 23.7 Å². The van der Waals surface area contributed by atoms with Crippen LogP contribution in [0.2, 0.25) is 0 Å². The zero-order valence-electron chi connectivity index (χ0n) is 13.0. The molecule has 0 aliphatic heterocycles. The Morgan fingerprint density at radius 3 is 2.13 bits per heavy atom. The minimum absolute atomic E-state index is 0.0300. The Bertz CT molecular complexity index is 694. The number of aliphatic hydroxyl groups is 1. The second-order valence-corrected chi connectivity index (χ2v) is 4.88. The molecule has 118 valence electrons. The highest BCUT2D eigenvalue weighted by atomic mass is 16.5. The topological polar surface area (TPSA) is 58.6 Å². The first-order valence-electron chi connectivity index (χ1n) is 7.34. The van der Waals surface area contributed by atoms with Crippen LogP contribution < -0.4 is 5.32 Å². The van der Waals surface area contributed by atoms with Gasteiger partial charge in [-0.25, -0.2) is 0 Å². The number of benzene rings is 2. The number of amides is 1. The zero-order valence-corrected chi connectivity index (χ0v) is 13.0. The fourth-order valence-electron chi connectivity index (χ4n) is 1.93. The first-order chi connectivity index (χ1) is 11.2. The lowest BCUT2D eigenvalue weighted by Crippen LogP contribution is -2.17. The molecule has 0 aliphatic carbocycles. The number of carbonyl (C=O) groups excluding carboxylic acids is 1. The Morgan fingerprint density at radius 2 is 1.61 bits per heavy atom. The van der Waals surface area contributed by atoms with Gasteiger partial charge in [-0.1, -0.05) is 24.0 Å². The molecule has 1 amide bonds. The van der Waals surface area contributed by atoms with Crippen LogP contribution >= 0.6 is 0 Å². The van der Waals surface area contributed by atoms with E-state index in [2.05, 4.69) is 17.2 Å². The SMILES string of the molecule is CNC(=O)c1ccc(C#Cc2ccc(COCCO)cc2)cc1. The third-order valence-corrected chi connectivity index (χ3v) is 3.18. The van der Waals surface area contributed by atoms with Crippen LogP contribution in [-0.4, -0.2) is 31.3 Å². The van der Waals surface area contributed by atoms with E-state index in [1.165, 1.54) is 0 Å². The molecule has 0 aromatic heterocycles. The average molecular weight is 309 g/mol. The molecule has 4 nitrogen and oxygen atoms in total. The summed E-state index contributed by atoms with van der Waals surface area (Å²) in [4.78, 5) is 11.5. The molecule has 23 heavy (non-hydrogen) atoms. The van der Waals surface area contributed by atoms with Crippen molar-refractivity contribution in [3.8, 4) is 11.8 Å². The van der Waals surface area contributed by atoms with E-state index in [0.29, 0.717) is 18.8 Å². The molecular formula is C19H19NO3. The highest BCUT2D eigenvalue weighted by Gasteiger charge is 2.00. The number of rotatable bonds is 5. The van der Waals surface area contributed by atoms with Crippen LogP contribution in [0.15, 0.2) is 48.5 Å². The molecule has 0 heterocycles. The Labute approximate surface area is 136 Å². The summed E-state index contributed by atoms with van der Waals surface area (Å²) >= 11 is 0. The molecule has 2 N–H and O–H groups in total. The summed E-state index contributed by atoms with van der Waals surface area (Å²) in [5.74, 6) is 6.05. The molecule has 2 rings (SSSR count). The maximum Gasteiger partial charge on any atom is 0.251 e. The molecule has 0 radical (unpaired) electrons. The van der Waals surface area contributed by atoms with Gasteiger partial charge >= 0.3 is 0 Å². The highest BCUT2D eigenvalue weighted by molar-refractivity contribution is 5.94. The van der Waals surface area contributed by atoms with Gasteiger partial charge in [0.25, 0.3) is 5.91 Å². The fourth-order valence-corrected chi connectivity index (χ4v) is 1.93. The molecule has 0 atom stereocenters. The van der Waals surface area contributed by atoms with Crippen LogP contribution in [0.3, 0.4) is 0 Å². The van der Waals surface area contributed by atoms with Crippen molar-refractivity contribution in [2.45, 2.75) is 6.61 Å². The lowest BCUT2D eigenvalue weighted by molar-refractivity contribution is 0.0815. The second-order valence-electron chi connectivity index (χ2n) is 4.88. The van der Waals surface area contributed by atoms with E-state index in [-0.39, 0.29) is 12.5 Å². The Morgan fingerprint density at radius 1 is 1.04 bits per heavy atom. The molecule has 0 spiro atoms. The van der Waals surface area contributed by atoms with E-state index in [9.17, 15) is 4.79 Å². The third kappa shape index (κ3) is 5.26. The fraction of sp³-hybridized carbons (Fsp3) is 0.211. The van der Waals surface area contributed by atoms with E-state index in [4.69, 9.17) is 9.84 Å². The van der Waals surface area contributed by atoms with Crippen molar-refractivity contribution in [2.75, 3.05) is 20.3 Å². The Hall–Kier alpha value is -2.61. The molecule has 4 heteroatoms. The van der Waals surface area contributed by atoms with Crippen LogP contribution in [0.4, 0.5) is 0 Å². The van der Waals surface area contributed by atoms with Gasteiger partial charge in [-0.2, -0.15) is 0 Å². The van der Waals surface area contributed by atoms with Crippen molar-refractivity contribution in [1.29, 1.82) is 0 Å². The van der Waals surface area contributed by atoms with Crippen LogP contribution in [0.25, 0.3) is 0 Å². The van der Waals surface area contributed by atoms with Gasteiger partial charge in [-0.05, 0) is 42.0 Å². The largest absolute Gasteiger partial charge is 0.394 e. The first kappa shape index (κ1) is 16.8. The maximum absolute atomic E-state index is 11.5. The van der Waals surface area contributed by atoms with Gasteiger partial charge in [0.2, 0.25) is 0 Å². The average Bonchev–Trinajstić information content (AvgIpc) is 2.61. The van der Waals surface area contributed by atoms with Gasteiger partial charge in [0.1, 0.15) is 0 Å². The zero-order chi connectivity index (χ0) is 16.5. The molecule has 2 aromatic carbocycles. The third-order valence-electron chi connectivity index (χ3n) is 3.18. The molecule has 0 saturated heterocycles. The van der Waals surface area contributed by atoms with Crippen LogP contribution in [-0.2, 0) is 11.3 Å². The highest BCUT2D eigenvalue weighted by Crippen LogP contribution is 2.06. The number of hydrogen-bond acceptors (Lipinski definition) is 3. The van der Waals surface area contributed by atoms with Crippen molar-refractivity contribution in [3.05, 3.63) is 70.8 Å². The van der Waals surface area contributed by atoms with Gasteiger partial charge < -0.3 is 15.2 Å². The predicted molar refractivity (Wildman–Crippen MR) is 89.0 cm³/mol. The maximum atomic E-state index is 11.5. The van der Waals surface area contributed by atoms with Gasteiger partial charge in [-0.15, -0.1) is 0 Å². The quantitative estimate of drug-likeness (QED) is 0.656. The Balaban J connectivity index is 1.99. The lowest BCUT2D eigenvalue weighted by Gasteiger charge is -2.02. The summed E-state index contributed by atoms with van der Waals surface area (Å²) in [6.07, 6.45) is 0. The molecule has 0 bridgehead atoms.